The molecular weight excluding hydrogens is 320 g/mol. The molecule has 3 rings (SSSR count). The summed E-state index contributed by atoms with van der Waals surface area (Å²) in [6.45, 7) is 13.5. The second-order valence-corrected chi connectivity index (χ2v) is 8.95. The van der Waals surface area contributed by atoms with E-state index in [1.807, 2.05) is 20.8 Å². The van der Waals surface area contributed by atoms with Crippen LogP contribution < -0.4 is 5.73 Å². The normalized spacial score (nSPS) is 32.2. The molecule has 3 unspecified atom stereocenters. The van der Waals surface area contributed by atoms with Crippen molar-refractivity contribution in [3.8, 4) is 0 Å². The Morgan fingerprint density at radius 3 is 2.40 bits per heavy atom. The van der Waals surface area contributed by atoms with E-state index in [0.717, 1.165) is 13.0 Å². The molecule has 7 nitrogen and oxygen atoms in total. The van der Waals surface area contributed by atoms with E-state index in [4.69, 9.17) is 20.2 Å². The Labute approximate surface area is 150 Å². The van der Waals surface area contributed by atoms with Gasteiger partial charge < -0.3 is 25.0 Å². The van der Waals surface area contributed by atoms with Gasteiger partial charge in [-0.05, 0) is 27.2 Å². The first kappa shape index (κ1) is 18.3. The van der Waals surface area contributed by atoms with Gasteiger partial charge in [0.15, 0.2) is 5.96 Å². The molecule has 2 heterocycles. The standard InChI is InChI=1S/C18H32N4O3/c1-17(2,3)25-16(23)22-9-7-21(8-10-22)15(19)20-13-12-6-11-24-14(12)18(13,4)5/h12-14H,6-11H2,1-5H3,(H2,19,20). The summed E-state index contributed by atoms with van der Waals surface area (Å²) < 4.78 is 11.3. The Hall–Kier alpha value is -1.50. The molecule has 0 bridgehead atoms. The molecule has 2 saturated heterocycles. The number of carbonyl (C=O) groups is 1. The summed E-state index contributed by atoms with van der Waals surface area (Å²) in [7, 11) is 0. The Balaban J connectivity index is 1.55. The lowest BCUT2D eigenvalue weighted by Gasteiger charge is -2.52. The zero-order valence-electron chi connectivity index (χ0n) is 16.1. The van der Waals surface area contributed by atoms with Crippen LogP contribution in [0.2, 0.25) is 0 Å². The fourth-order valence-electron chi connectivity index (χ4n) is 4.23. The molecule has 0 aromatic carbocycles. The van der Waals surface area contributed by atoms with Crippen LogP contribution in [0.3, 0.4) is 0 Å². The SMILES string of the molecule is CC(C)(C)OC(=O)N1CCN(C(N)=NC2C3CCOC3C2(C)C)CC1. The largest absolute Gasteiger partial charge is 0.444 e. The van der Waals surface area contributed by atoms with Crippen LogP contribution >= 0.6 is 0 Å². The molecule has 0 spiro atoms. The number of hydrogen-bond acceptors (Lipinski definition) is 4. The van der Waals surface area contributed by atoms with Gasteiger partial charge in [-0.25, -0.2) is 9.79 Å². The van der Waals surface area contributed by atoms with Crippen molar-refractivity contribution in [2.45, 2.75) is 58.8 Å². The van der Waals surface area contributed by atoms with Gasteiger partial charge in [-0.3, -0.25) is 0 Å². The molecule has 0 aromatic heterocycles. The van der Waals surface area contributed by atoms with Crippen LogP contribution in [0.25, 0.3) is 0 Å². The number of piperazine rings is 1. The minimum atomic E-state index is -0.468. The maximum absolute atomic E-state index is 12.1. The number of fused-ring (bicyclic) bond motifs is 1. The number of aliphatic imine (C=N–C) groups is 1. The molecular formula is C18H32N4O3. The quantitative estimate of drug-likeness (QED) is 0.573. The van der Waals surface area contributed by atoms with E-state index >= 15 is 0 Å². The molecule has 3 atom stereocenters. The molecule has 2 N–H and O–H groups in total. The zero-order valence-corrected chi connectivity index (χ0v) is 16.1. The number of ether oxygens (including phenoxy) is 2. The minimum absolute atomic E-state index is 0.0458. The van der Waals surface area contributed by atoms with E-state index in [1.54, 1.807) is 4.90 Å². The summed E-state index contributed by atoms with van der Waals surface area (Å²) in [4.78, 5) is 20.8. The minimum Gasteiger partial charge on any atom is -0.444 e. The van der Waals surface area contributed by atoms with E-state index in [9.17, 15) is 4.79 Å². The van der Waals surface area contributed by atoms with Gasteiger partial charge in [0.05, 0.1) is 12.1 Å². The van der Waals surface area contributed by atoms with Gasteiger partial charge in [0, 0.05) is 44.1 Å². The average Bonchev–Trinajstić information content (AvgIpc) is 2.98. The smallest absolute Gasteiger partial charge is 0.410 e. The molecule has 0 radical (unpaired) electrons. The Morgan fingerprint density at radius 2 is 1.80 bits per heavy atom. The van der Waals surface area contributed by atoms with Gasteiger partial charge >= 0.3 is 6.09 Å². The first-order valence-electron chi connectivity index (χ1n) is 9.27. The third kappa shape index (κ3) is 3.57. The molecule has 2 aliphatic heterocycles. The average molecular weight is 352 g/mol. The number of carbonyl (C=O) groups excluding carboxylic acids is 1. The van der Waals surface area contributed by atoms with Crippen LogP contribution in [-0.2, 0) is 9.47 Å². The lowest BCUT2D eigenvalue weighted by Crippen LogP contribution is -2.60. The molecule has 1 saturated carbocycles. The van der Waals surface area contributed by atoms with E-state index in [-0.39, 0.29) is 17.6 Å². The molecule has 3 aliphatic rings. The fraction of sp³-hybridized carbons (Fsp3) is 0.889. The summed E-state index contributed by atoms with van der Waals surface area (Å²) in [5.41, 5.74) is 5.86. The first-order valence-corrected chi connectivity index (χ1v) is 9.27. The number of nitrogens with two attached hydrogens (primary N) is 1. The van der Waals surface area contributed by atoms with Crippen LogP contribution in [0.5, 0.6) is 0 Å². The van der Waals surface area contributed by atoms with Gasteiger partial charge in [-0.1, -0.05) is 13.8 Å². The molecule has 1 amide bonds. The van der Waals surface area contributed by atoms with E-state index in [2.05, 4.69) is 18.7 Å². The summed E-state index contributed by atoms with van der Waals surface area (Å²) >= 11 is 0. The van der Waals surface area contributed by atoms with Crippen LogP contribution in [0.15, 0.2) is 4.99 Å². The number of guanidine groups is 1. The van der Waals surface area contributed by atoms with Crippen molar-refractivity contribution < 1.29 is 14.3 Å². The molecule has 7 heteroatoms. The monoisotopic (exact) mass is 352 g/mol. The van der Waals surface area contributed by atoms with E-state index in [1.165, 1.54) is 0 Å². The van der Waals surface area contributed by atoms with Crippen molar-refractivity contribution >= 4 is 12.1 Å². The topological polar surface area (TPSA) is 80.4 Å². The third-order valence-corrected chi connectivity index (χ3v) is 5.57. The number of nitrogens with zero attached hydrogens (tertiary/aromatic N) is 3. The van der Waals surface area contributed by atoms with Crippen molar-refractivity contribution in [1.29, 1.82) is 0 Å². The molecule has 142 valence electrons. The molecule has 3 fully saturated rings. The van der Waals surface area contributed by atoms with Crippen LogP contribution in [0, 0.1) is 11.3 Å². The second-order valence-electron chi connectivity index (χ2n) is 8.95. The highest BCUT2D eigenvalue weighted by Gasteiger charge is 2.59. The van der Waals surface area contributed by atoms with Gasteiger partial charge in [0.2, 0.25) is 0 Å². The van der Waals surface area contributed by atoms with Gasteiger partial charge in [0.1, 0.15) is 5.60 Å². The predicted octanol–water partition coefficient (Wildman–Crippen LogP) is 1.67. The third-order valence-electron chi connectivity index (χ3n) is 5.57. The fourth-order valence-corrected chi connectivity index (χ4v) is 4.23. The maximum Gasteiger partial charge on any atom is 0.410 e. The van der Waals surface area contributed by atoms with E-state index < -0.39 is 5.60 Å². The highest BCUT2D eigenvalue weighted by atomic mass is 16.6. The lowest BCUT2D eigenvalue weighted by molar-refractivity contribution is -0.0988. The van der Waals surface area contributed by atoms with Crippen LogP contribution in [-0.4, -0.2) is 72.4 Å². The Morgan fingerprint density at radius 1 is 1.20 bits per heavy atom. The van der Waals surface area contributed by atoms with Crippen molar-refractivity contribution in [1.82, 2.24) is 9.80 Å². The zero-order chi connectivity index (χ0) is 18.4. The van der Waals surface area contributed by atoms with Gasteiger partial charge in [-0.15, -0.1) is 0 Å². The first-order chi connectivity index (χ1) is 11.6. The van der Waals surface area contributed by atoms with Gasteiger partial charge in [0.25, 0.3) is 0 Å². The molecule has 25 heavy (non-hydrogen) atoms. The number of rotatable bonds is 1. The second kappa shape index (κ2) is 6.34. The highest BCUT2D eigenvalue weighted by molar-refractivity contribution is 5.79. The van der Waals surface area contributed by atoms with Crippen LogP contribution in [0.4, 0.5) is 4.79 Å². The van der Waals surface area contributed by atoms with Gasteiger partial charge in [-0.2, -0.15) is 0 Å². The van der Waals surface area contributed by atoms with Crippen molar-refractivity contribution in [3.05, 3.63) is 0 Å². The summed E-state index contributed by atoms with van der Waals surface area (Å²) in [6, 6.07) is 0.226. The maximum atomic E-state index is 12.1. The summed E-state index contributed by atoms with van der Waals surface area (Å²) in [5, 5.41) is 0. The van der Waals surface area contributed by atoms with Crippen molar-refractivity contribution in [2.24, 2.45) is 22.1 Å². The highest BCUT2D eigenvalue weighted by Crippen LogP contribution is 2.53. The van der Waals surface area contributed by atoms with E-state index in [0.29, 0.717) is 44.2 Å². The summed E-state index contributed by atoms with van der Waals surface area (Å²) in [5.74, 6) is 1.09. The number of hydrogen-bond donors (Lipinski definition) is 1. The number of amides is 1. The predicted molar refractivity (Wildman–Crippen MR) is 96.4 cm³/mol. The van der Waals surface area contributed by atoms with Crippen molar-refractivity contribution in [3.63, 3.8) is 0 Å². The van der Waals surface area contributed by atoms with Crippen LogP contribution in [0.1, 0.15) is 41.0 Å². The lowest BCUT2D eigenvalue weighted by atomic mass is 9.57. The Bertz CT molecular complexity index is 547. The molecule has 1 aliphatic carbocycles. The van der Waals surface area contributed by atoms with Crippen molar-refractivity contribution in [2.75, 3.05) is 32.8 Å². The molecule has 0 aromatic rings. The summed E-state index contributed by atoms with van der Waals surface area (Å²) in [6.07, 6.45) is 1.13. The Kier molecular flexibility index (Phi) is 4.64.